The summed E-state index contributed by atoms with van der Waals surface area (Å²) in [5.74, 6) is -1.54. The zero-order valence-electron chi connectivity index (χ0n) is 14.6. The van der Waals surface area contributed by atoms with Crippen LogP contribution in [-0.2, 0) is 4.79 Å². The Labute approximate surface area is 150 Å². The van der Waals surface area contributed by atoms with Crippen LogP contribution in [0.5, 0.6) is 0 Å². The van der Waals surface area contributed by atoms with E-state index in [1.807, 2.05) is 21.1 Å². The molecule has 0 saturated carbocycles. The van der Waals surface area contributed by atoms with Crippen molar-refractivity contribution in [2.24, 2.45) is 0 Å². The molecule has 25 heavy (non-hydrogen) atoms. The van der Waals surface area contributed by atoms with Crippen molar-refractivity contribution < 1.29 is 19.2 Å². The van der Waals surface area contributed by atoms with Gasteiger partial charge in [0, 0.05) is 24.8 Å². The molecule has 8 nitrogen and oxygen atoms in total. The maximum Gasteiger partial charge on any atom is 0.263 e. The molecule has 0 fully saturated rings. The number of likely N-dealkylation sites (N-methyl/N-ethyl adjacent to an activating group) is 1. The van der Waals surface area contributed by atoms with Gasteiger partial charge >= 0.3 is 0 Å². The topological polar surface area (TPSA) is 108 Å². The quantitative estimate of drug-likeness (QED) is 0.686. The monoisotopic (exact) mass is 363 g/mol. The van der Waals surface area contributed by atoms with Gasteiger partial charge in [0.1, 0.15) is 15.6 Å². The zero-order chi connectivity index (χ0) is 18.6. The molecule has 0 aliphatic rings. The molecule has 0 unspecified atom stereocenters. The average Bonchev–Trinajstić information content (AvgIpc) is 2.87. The lowest BCUT2D eigenvalue weighted by Gasteiger charge is -2.29. The van der Waals surface area contributed by atoms with Crippen LogP contribution in [0.25, 0.3) is 10.7 Å². The summed E-state index contributed by atoms with van der Waals surface area (Å²) in [5, 5.41) is 14.4. The fourth-order valence-electron chi connectivity index (χ4n) is 2.40. The second kappa shape index (κ2) is 7.66. The number of carbonyl (C=O) groups is 2. The van der Waals surface area contributed by atoms with E-state index in [2.05, 4.69) is 20.3 Å². The van der Waals surface area contributed by atoms with Crippen LogP contribution in [0.15, 0.2) is 18.6 Å². The number of rotatable bonds is 7. The van der Waals surface area contributed by atoms with Crippen LogP contribution in [0, 0.1) is 6.92 Å². The van der Waals surface area contributed by atoms with E-state index >= 15 is 0 Å². The molecule has 0 aromatic carbocycles. The minimum Gasteiger partial charge on any atom is -0.550 e. The first-order valence-corrected chi connectivity index (χ1v) is 8.52. The lowest BCUT2D eigenvalue weighted by Crippen LogP contribution is -2.50. The summed E-state index contributed by atoms with van der Waals surface area (Å²) in [6, 6.07) is -0.529. The minimum atomic E-state index is -1.19. The van der Waals surface area contributed by atoms with E-state index in [-0.39, 0.29) is 12.3 Å². The van der Waals surface area contributed by atoms with Gasteiger partial charge < -0.3 is 19.7 Å². The minimum absolute atomic E-state index is 0.240. The lowest BCUT2D eigenvalue weighted by atomic mass is 10.1. The molecule has 9 heteroatoms. The number of aliphatic carboxylic acids is 1. The SMILES string of the molecule is Cc1nc(-c2cnccn2)sc1C(=O)N[C@H](CC(=O)[O-])C[N+](C)(C)C. The van der Waals surface area contributed by atoms with Crippen molar-refractivity contribution in [3.8, 4) is 10.7 Å². The number of carbonyl (C=O) groups excluding carboxylic acids is 2. The Morgan fingerprint density at radius 3 is 2.60 bits per heavy atom. The van der Waals surface area contributed by atoms with Crippen molar-refractivity contribution in [3.63, 3.8) is 0 Å². The number of carboxylic acids is 1. The first kappa shape index (κ1) is 18.9. The molecule has 0 saturated heterocycles. The largest absolute Gasteiger partial charge is 0.550 e. The van der Waals surface area contributed by atoms with Gasteiger partial charge in [0.15, 0.2) is 0 Å². The summed E-state index contributed by atoms with van der Waals surface area (Å²) < 4.78 is 0.519. The molecule has 0 aliphatic carbocycles. The Hall–Kier alpha value is -2.39. The van der Waals surface area contributed by atoms with Crippen LogP contribution in [0.1, 0.15) is 21.8 Å². The molecular weight excluding hydrogens is 342 g/mol. The maximum atomic E-state index is 12.6. The van der Waals surface area contributed by atoms with Gasteiger partial charge in [-0.15, -0.1) is 11.3 Å². The zero-order valence-corrected chi connectivity index (χ0v) is 15.5. The Morgan fingerprint density at radius 1 is 1.32 bits per heavy atom. The summed E-state index contributed by atoms with van der Waals surface area (Å²) in [6.45, 7) is 2.20. The van der Waals surface area contributed by atoms with Gasteiger partial charge in [-0.25, -0.2) is 4.98 Å². The van der Waals surface area contributed by atoms with E-state index in [1.165, 1.54) is 11.3 Å². The summed E-state index contributed by atoms with van der Waals surface area (Å²) in [7, 11) is 5.79. The molecule has 0 radical (unpaired) electrons. The molecule has 0 aliphatic heterocycles. The molecule has 2 rings (SSSR count). The third kappa shape index (κ3) is 5.57. The standard InChI is InChI=1S/C16H21N5O3S/c1-10-14(25-16(19-10)12-8-17-5-6-18-12)15(24)20-11(7-13(22)23)9-21(2,3)4/h5-6,8,11H,7,9H2,1-4H3,(H-,20,22,23,24)/t11-/m1/s1. The normalized spacial score (nSPS) is 12.6. The van der Waals surface area contributed by atoms with Crippen molar-refractivity contribution in [3.05, 3.63) is 29.2 Å². The molecule has 0 spiro atoms. The number of hydrogen-bond acceptors (Lipinski definition) is 7. The van der Waals surface area contributed by atoms with Gasteiger partial charge in [0.05, 0.1) is 45.6 Å². The third-order valence-electron chi connectivity index (χ3n) is 3.30. The Balaban J connectivity index is 2.18. The van der Waals surface area contributed by atoms with Crippen molar-refractivity contribution in [1.29, 1.82) is 0 Å². The molecule has 2 aromatic rings. The summed E-state index contributed by atoms with van der Waals surface area (Å²) in [4.78, 5) is 36.5. The number of thiazole rings is 1. The van der Waals surface area contributed by atoms with Crippen LogP contribution in [0.2, 0.25) is 0 Å². The third-order valence-corrected chi connectivity index (χ3v) is 4.48. The molecule has 1 amide bonds. The highest BCUT2D eigenvalue weighted by Crippen LogP contribution is 2.26. The van der Waals surface area contributed by atoms with Gasteiger partial charge in [-0.3, -0.25) is 14.8 Å². The molecule has 2 heterocycles. The summed E-state index contributed by atoms with van der Waals surface area (Å²) >= 11 is 1.21. The Kier molecular flexibility index (Phi) is 5.81. The number of amides is 1. The van der Waals surface area contributed by atoms with Gasteiger partial charge in [-0.2, -0.15) is 0 Å². The number of carboxylic acid groups (broad SMARTS) is 1. The molecule has 1 atom stereocenters. The highest BCUT2D eigenvalue weighted by atomic mass is 32.1. The number of quaternary nitrogens is 1. The first-order valence-electron chi connectivity index (χ1n) is 7.70. The second-order valence-electron chi connectivity index (χ2n) is 6.74. The molecule has 0 bridgehead atoms. The van der Waals surface area contributed by atoms with E-state index in [9.17, 15) is 14.7 Å². The van der Waals surface area contributed by atoms with E-state index in [4.69, 9.17) is 0 Å². The number of nitrogens with zero attached hydrogens (tertiary/aromatic N) is 4. The van der Waals surface area contributed by atoms with Crippen LogP contribution in [0.3, 0.4) is 0 Å². The summed E-state index contributed by atoms with van der Waals surface area (Å²) in [5.41, 5.74) is 1.16. The van der Waals surface area contributed by atoms with E-state index in [1.54, 1.807) is 25.5 Å². The smallest absolute Gasteiger partial charge is 0.263 e. The van der Waals surface area contributed by atoms with Crippen LogP contribution >= 0.6 is 11.3 Å². The predicted octanol–water partition coefficient (Wildman–Crippen LogP) is -0.147. The molecule has 1 N–H and O–H groups in total. The highest BCUT2D eigenvalue weighted by Gasteiger charge is 2.24. The maximum absolute atomic E-state index is 12.6. The fourth-order valence-corrected chi connectivity index (χ4v) is 3.33. The van der Waals surface area contributed by atoms with Crippen molar-refractivity contribution in [1.82, 2.24) is 20.3 Å². The van der Waals surface area contributed by atoms with E-state index in [0.717, 1.165) is 0 Å². The number of aryl methyl sites for hydroxylation is 1. The van der Waals surface area contributed by atoms with Crippen LogP contribution in [0.4, 0.5) is 0 Å². The highest BCUT2D eigenvalue weighted by molar-refractivity contribution is 7.17. The van der Waals surface area contributed by atoms with Gasteiger partial charge in [-0.1, -0.05) is 0 Å². The molecule has 134 valence electrons. The fraction of sp³-hybridized carbons (Fsp3) is 0.438. The van der Waals surface area contributed by atoms with Crippen molar-refractivity contribution >= 4 is 23.2 Å². The molecule has 2 aromatic heterocycles. The van der Waals surface area contributed by atoms with Crippen LogP contribution in [-0.4, -0.2) is 65.0 Å². The second-order valence-corrected chi connectivity index (χ2v) is 7.74. The van der Waals surface area contributed by atoms with Gasteiger partial charge in [-0.05, 0) is 6.92 Å². The van der Waals surface area contributed by atoms with Gasteiger partial charge in [0.25, 0.3) is 5.91 Å². The average molecular weight is 363 g/mol. The van der Waals surface area contributed by atoms with Gasteiger partial charge in [0.2, 0.25) is 0 Å². The van der Waals surface area contributed by atoms with Crippen molar-refractivity contribution in [2.45, 2.75) is 19.4 Å². The predicted molar refractivity (Wildman–Crippen MR) is 91.7 cm³/mol. The van der Waals surface area contributed by atoms with Crippen LogP contribution < -0.4 is 10.4 Å². The lowest BCUT2D eigenvalue weighted by molar-refractivity contribution is -0.871. The Bertz CT molecular complexity index is 755. The van der Waals surface area contributed by atoms with Crippen molar-refractivity contribution in [2.75, 3.05) is 27.7 Å². The van der Waals surface area contributed by atoms with E-state index in [0.29, 0.717) is 32.3 Å². The number of hydrogen-bond donors (Lipinski definition) is 1. The summed E-state index contributed by atoms with van der Waals surface area (Å²) in [6.07, 6.45) is 4.46. The Morgan fingerprint density at radius 2 is 2.04 bits per heavy atom. The first-order chi connectivity index (χ1) is 11.7. The number of aromatic nitrogens is 3. The van der Waals surface area contributed by atoms with E-state index < -0.39 is 12.0 Å². The molecular formula is C16H21N5O3S. The number of nitrogens with one attached hydrogen (secondary N) is 1.